The maximum Gasteiger partial charge on any atom is 0.262 e. The molecule has 3 heterocycles. The average Bonchev–Trinajstić information content (AvgIpc) is 3.45. The van der Waals surface area contributed by atoms with E-state index in [4.69, 9.17) is 4.74 Å². The molecule has 0 spiro atoms. The summed E-state index contributed by atoms with van der Waals surface area (Å²) in [5.74, 6) is 0.563. The third-order valence-electron chi connectivity index (χ3n) is 5.04. The summed E-state index contributed by atoms with van der Waals surface area (Å²) in [5, 5.41) is 6.85. The number of fused-ring (bicyclic) bond motifs is 3. The van der Waals surface area contributed by atoms with E-state index in [9.17, 15) is 9.59 Å². The maximum atomic E-state index is 12.5. The van der Waals surface area contributed by atoms with E-state index in [1.807, 2.05) is 48.7 Å². The summed E-state index contributed by atoms with van der Waals surface area (Å²) in [7, 11) is 0. The van der Waals surface area contributed by atoms with Crippen molar-refractivity contribution in [1.29, 1.82) is 0 Å². The highest BCUT2D eigenvalue weighted by molar-refractivity contribution is 7.21. The van der Waals surface area contributed by atoms with Crippen molar-refractivity contribution in [2.45, 2.75) is 19.8 Å². The number of thiophene rings is 1. The van der Waals surface area contributed by atoms with Gasteiger partial charge in [-0.2, -0.15) is 0 Å². The molecule has 1 saturated heterocycles. The first-order chi connectivity index (χ1) is 14.6. The van der Waals surface area contributed by atoms with E-state index in [1.165, 1.54) is 0 Å². The third kappa shape index (κ3) is 3.53. The van der Waals surface area contributed by atoms with Gasteiger partial charge in [0, 0.05) is 35.8 Å². The lowest BCUT2D eigenvalue weighted by atomic mass is 10.2. The fourth-order valence-electron chi connectivity index (χ4n) is 3.72. The second-order valence-electron chi connectivity index (χ2n) is 7.15. The number of anilines is 2. The van der Waals surface area contributed by atoms with Crippen LogP contribution in [0.3, 0.4) is 0 Å². The van der Waals surface area contributed by atoms with Gasteiger partial charge in [0.25, 0.3) is 5.91 Å². The van der Waals surface area contributed by atoms with Crippen molar-refractivity contribution < 1.29 is 14.3 Å². The van der Waals surface area contributed by atoms with Crippen LogP contribution in [0.4, 0.5) is 11.4 Å². The van der Waals surface area contributed by atoms with E-state index in [-0.39, 0.29) is 18.4 Å². The van der Waals surface area contributed by atoms with E-state index >= 15 is 0 Å². The van der Waals surface area contributed by atoms with Crippen LogP contribution in [0.2, 0.25) is 0 Å². The van der Waals surface area contributed by atoms with Crippen LogP contribution in [0.25, 0.3) is 20.3 Å². The van der Waals surface area contributed by atoms with Gasteiger partial charge in [-0.15, -0.1) is 22.7 Å². The molecule has 1 aliphatic heterocycles. The molecule has 0 bridgehead atoms. The third-order valence-corrected chi connectivity index (χ3v) is 6.88. The Morgan fingerprint density at radius 2 is 2.20 bits per heavy atom. The lowest BCUT2D eigenvalue weighted by molar-refractivity contribution is -0.118. The number of aromatic nitrogens is 1. The standard InChI is InChI=1S/C22H19N3O3S2/c1-13-23-21-18(30-13)11-17(16-7-9-29-22(16)21)28-12-19(26)24-14-4-2-5-15(10-14)25-8-3-6-20(25)27/h2,4-5,7,9-11H,3,6,8,12H2,1H3,(H,24,26). The SMILES string of the molecule is Cc1nc2c(cc(OCC(=O)Nc3cccc(N4CCCC4=O)c3)c3ccsc32)s1. The van der Waals surface area contributed by atoms with Gasteiger partial charge in [0.15, 0.2) is 6.61 Å². The van der Waals surface area contributed by atoms with Gasteiger partial charge in [-0.3, -0.25) is 9.59 Å². The van der Waals surface area contributed by atoms with Crippen molar-refractivity contribution in [3.8, 4) is 5.75 Å². The summed E-state index contributed by atoms with van der Waals surface area (Å²) in [6.45, 7) is 2.61. The molecule has 8 heteroatoms. The minimum Gasteiger partial charge on any atom is -0.483 e. The van der Waals surface area contributed by atoms with Gasteiger partial charge >= 0.3 is 0 Å². The summed E-state index contributed by atoms with van der Waals surface area (Å²) in [4.78, 5) is 30.8. The Morgan fingerprint density at radius 3 is 3.03 bits per heavy atom. The second-order valence-corrected chi connectivity index (χ2v) is 9.30. The number of nitrogens with one attached hydrogen (secondary N) is 1. The Bertz CT molecular complexity index is 1280. The first-order valence-corrected chi connectivity index (χ1v) is 11.4. The van der Waals surface area contributed by atoms with Gasteiger partial charge < -0.3 is 15.0 Å². The van der Waals surface area contributed by atoms with Crippen LogP contribution in [-0.2, 0) is 9.59 Å². The van der Waals surface area contributed by atoms with Crippen LogP contribution < -0.4 is 15.0 Å². The summed E-state index contributed by atoms with van der Waals surface area (Å²) >= 11 is 3.24. The normalized spacial score (nSPS) is 14.0. The smallest absolute Gasteiger partial charge is 0.262 e. The molecule has 2 amide bonds. The highest BCUT2D eigenvalue weighted by Crippen LogP contribution is 2.38. The van der Waals surface area contributed by atoms with Crippen LogP contribution in [0.1, 0.15) is 17.8 Å². The lowest BCUT2D eigenvalue weighted by Crippen LogP contribution is -2.24. The molecule has 0 atom stereocenters. The quantitative estimate of drug-likeness (QED) is 0.479. The first-order valence-electron chi connectivity index (χ1n) is 9.69. The van der Waals surface area contributed by atoms with Crippen molar-refractivity contribution in [2.75, 3.05) is 23.4 Å². The Morgan fingerprint density at radius 1 is 1.30 bits per heavy atom. The fraction of sp³-hybridized carbons (Fsp3) is 0.227. The number of amides is 2. The molecule has 5 rings (SSSR count). The van der Waals surface area contributed by atoms with Gasteiger partial charge in [0.2, 0.25) is 5.91 Å². The predicted molar refractivity (Wildman–Crippen MR) is 122 cm³/mol. The monoisotopic (exact) mass is 437 g/mol. The molecule has 0 unspecified atom stereocenters. The first kappa shape index (κ1) is 19.0. The largest absolute Gasteiger partial charge is 0.483 e. The highest BCUT2D eigenvalue weighted by Gasteiger charge is 2.22. The molecule has 0 saturated carbocycles. The molecule has 6 nitrogen and oxygen atoms in total. The average molecular weight is 438 g/mol. The summed E-state index contributed by atoms with van der Waals surface area (Å²) < 4.78 is 8.02. The van der Waals surface area contributed by atoms with E-state index in [2.05, 4.69) is 10.3 Å². The van der Waals surface area contributed by atoms with Crippen LogP contribution in [0.5, 0.6) is 5.75 Å². The Balaban J connectivity index is 1.31. The van der Waals surface area contributed by atoms with Crippen LogP contribution in [0.15, 0.2) is 41.8 Å². The molecule has 1 aliphatic rings. The fourth-order valence-corrected chi connectivity index (χ4v) is 5.55. The lowest BCUT2D eigenvalue weighted by Gasteiger charge is -2.17. The topological polar surface area (TPSA) is 71.5 Å². The Labute approximate surface area is 181 Å². The molecule has 1 fully saturated rings. The molecule has 2 aromatic carbocycles. The second kappa shape index (κ2) is 7.70. The number of rotatable bonds is 5. The van der Waals surface area contributed by atoms with Crippen molar-refractivity contribution in [3.05, 3.63) is 46.8 Å². The Hall–Kier alpha value is -2.97. The van der Waals surface area contributed by atoms with Gasteiger partial charge in [-0.05, 0) is 43.0 Å². The zero-order valence-electron chi connectivity index (χ0n) is 16.3. The predicted octanol–water partition coefficient (Wildman–Crippen LogP) is 4.96. The number of aryl methyl sites for hydroxylation is 1. The minimum absolute atomic E-state index is 0.0961. The molecule has 1 N–H and O–H groups in total. The molecule has 0 aliphatic carbocycles. The van der Waals surface area contributed by atoms with E-state index in [1.54, 1.807) is 27.6 Å². The van der Waals surface area contributed by atoms with Gasteiger partial charge in [0.05, 0.1) is 19.9 Å². The number of thiazole rings is 1. The minimum atomic E-state index is -0.246. The number of carbonyl (C=O) groups excluding carboxylic acids is 2. The van der Waals surface area contributed by atoms with Crippen LogP contribution in [0, 0.1) is 6.92 Å². The van der Waals surface area contributed by atoms with Gasteiger partial charge in [-0.1, -0.05) is 6.07 Å². The van der Waals surface area contributed by atoms with E-state index in [0.717, 1.165) is 44.0 Å². The summed E-state index contributed by atoms with van der Waals surface area (Å²) in [6.07, 6.45) is 1.44. The zero-order chi connectivity index (χ0) is 20.7. The molecule has 0 radical (unpaired) electrons. The van der Waals surface area contributed by atoms with Crippen molar-refractivity contribution >= 4 is 66.2 Å². The number of nitrogens with zero attached hydrogens (tertiary/aromatic N) is 2. The van der Waals surface area contributed by atoms with Gasteiger partial charge in [0.1, 0.15) is 5.75 Å². The highest BCUT2D eigenvalue weighted by atomic mass is 32.1. The molecular weight excluding hydrogens is 418 g/mol. The molecule has 4 aromatic rings. The van der Waals surface area contributed by atoms with Crippen molar-refractivity contribution in [3.63, 3.8) is 0 Å². The molecular formula is C22H19N3O3S2. The van der Waals surface area contributed by atoms with Crippen LogP contribution in [-0.4, -0.2) is 29.9 Å². The maximum absolute atomic E-state index is 12.5. The molecule has 2 aromatic heterocycles. The zero-order valence-corrected chi connectivity index (χ0v) is 17.9. The molecule has 152 valence electrons. The summed E-state index contributed by atoms with van der Waals surface area (Å²) in [5.41, 5.74) is 2.45. The van der Waals surface area contributed by atoms with Gasteiger partial charge in [-0.25, -0.2) is 4.98 Å². The van der Waals surface area contributed by atoms with Crippen molar-refractivity contribution in [1.82, 2.24) is 4.98 Å². The van der Waals surface area contributed by atoms with Crippen molar-refractivity contribution in [2.24, 2.45) is 0 Å². The van der Waals surface area contributed by atoms with E-state index < -0.39 is 0 Å². The molecule has 30 heavy (non-hydrogen) atoms. The number of carbonyl (C=O) groups is 2. The number of hydrogen-bond donors (Lipinski definition) is 1. The number of benzene rings is 2. The number of ether oxygens (including phenoxy) is 1. The number of hydrogen-bond acceptors (Lipinski definition) is 6. The van der Waals surface area contributed by atoms with Crippen LogP contribution >= 0.6 is 22.7 Å². The van der Waals surface area contributed by atoms with E-state index in [0.29, 0.717) is 17.9 Å². The Kier molecular flexibility index (Phi) is 4.88. The summed E-state index contributed by atoms with van der Waals surface area (Å²) in [6, 6.07) is 11.3.